The average molecular weight is 228 g/mol. The zero-order valence-electron chi connectivity index (χ0n) is 9.50. The van der Waals surface area contributed by atoms with E-state index in [2.05, 4.69) is 27.0 Å². The SMILES string of the molecule is C=C(OCC)c1nnc(-c2ccccc2)nn1. The van der Waals surface area contributed by atoms with Crippen LogP contribution in [0, 0.1) is 0 Å². The van der Waals surface area contributed by atoms with Crippen LogP contribution in [0.2, 0.25) is 0 Å². The summed E-state index contributed by atoms with van der Waals surface area (Å²) in [5.41, 5.74) is 0.876. The first-order chi connectivity index (χ1) is 8.31. The zero-order valence-corrected chi connectivity index (χ0v) is 9.50. The predicted octanol–water partition coefficient (Wildman–Crippen LogP) is 1.94. The standard InChI is InChI=1S/C12H12N4O/c1-3-17-9(2)11-13-15-12(16-14-11)10-7-5-4-6-8-10/h4-8H,2-3H2,1H3. The Balaban J connectivity index is 2.22. The molecule has 2 aromatic rings. The Morgan fingerprint density at radius 3 is 2.35 bits per heavy atom. The minimum atomic E-state index is 0.312. The lowest BCUT2D eigenvalue weighted by Gasteiger charge is -2.03. The lowest BCUT2D eigenvalue weighted by atomic mass is 10.2. The van der Waals surface area contributed by atoms with Crippen molar-refractivity contribution in [1.29, 1.82) is 0 Å². The second kappa shape index (κ2) is 5.16. The maximum absolute atomic E-state index is 5.17. The van der Waals surface area contributed by atoms with E-state index in [1.54, 1.807) is 0 Å². The summed E-state index contributed by atoms with van der Waals surface area (Å²) in [5, 5.41) is 15.8. The van der Waals surface area contributed by atoms with E-state index in [1.165, 1.54) is 0 Å². The predicted molar refractivity (Wildman–Crippen MR) is 63.7 cm³/mol. The Morgan fingerprint density at radius 2 is 1.76 bits per heavy atom. The van der Waals surface area contributed by atoms with Crippen LogP contribution in [-0.2, 0) is 4.74 Å². The van der Waals surface area contributed by atoms with Crippen molar-refractivity contribution < 1.29 is 4.74 Å². The summed E-state index contributed by atoms with van der Waals surface area (Å²) >= 11 is 0. The second-order valence-corrected chi connectivity index (χ2v) is 3.27. The highest BCUT2D eigenvalue weighted by molar-refractivity contribution is 5.54. The van der Waals surface area contributed by atoms with E-state index in [4.69, 9.17) is 4.74 Å². The molecule has 0 amide bonds. The van der Waals surface area contributed by atoms with Crippen molar-refractivity contribution in [1.82, 2.24) is 20.4 Å². The average Bonchev–Trinajstić information content (AvgIpc) is 2.40. The summed E-state index contributed by atoms with van der Waals surface area (Å²) in [4.78, 5) is 0. The van der Waals surface area contributed by atoms with Crippen LogP contribution in [0.3, 0.4) is 0 Å². The van der Waals surface area contributed by atoms with Gasteiger partial charge in [0.2, 0.25) is 11.6 Å². The van der Waals surface area contributed by atoms with E-state index >= 15 is 0 Å². The molecule has 0 spiro atoms. The van der Waals surface area contributed by atoms with Gasteiger partial charge in [-0.05, 0) is 6.92 Å². The van der Waals surface area contributed by atoms with Crippen molar-refractivity contribution in [2.45, 2.75) is 6.92 Å². The summed E-state index contributed by atoms with van der Waals surface area (Å²) in [6.45, 7) is 6.07. The fourth-order valence-corrected chi connectivity index (χ4v) is 1.28. The van der Waals surface area contributed by atoms with Gasteiger partial charge in [0.05, 0.1) is 6.61 Å². The molecule has 0 aliphatic heterocycles. The van der Waals surface area contributed by atoms with Gasteiger partial charge >= 0.3 is 0 Å². The third-order valence-electron chi connectivity index (χ3n) is 2.08. The van der Waals surface area contributed by atoms with Gasteiger partial charge in [0, 0.05) is 5.56 Å². The topological polar surface area (TPSA) is 60.8 Å². The Labute approximate surface area is 99.2 Å². The minimum absolute atomic E-state index is 0.312. The van der Waals surface area contributed by atoms with Crippen LogP contribution in [0.1, 0.15) is 12.7 Å². The van der Waals surface area contributed by atoms with Crippen LogP contribution in [-0.4, -0.2) is 27.0 Å². The molecule has 5 nitrogen and oxygen atoms in total. The molecule has 2 rings (SSSR count). The lowest BCUT2D eigenvalue weighted by molar-refractivity contribution is 0.295. The summed E-state index contributed by atoms with van der Waals surface area (Å²) < 4.78 is 5.17. The monoisotopic (exact) mass is 228 g/mol. The first kappa shape index (κ1) is 11.2. The van der Waals surface area contributed by atoms with Gasteiger partial charge in [0.15, 0.2) is 5.76 Å². The highest BCUT2D eigenvalue weighted by Gasteiger charge is 2.07. The van der Waals surface area contributed by atoms with Crippen molar-refractivity contribution in [3.63, 3.8) is 0 Å². The van der Waals surface area contributed by atoms with E-state index in [0.29, 0.717) is 24.0 Å². The van der Waals surface area contributed by atoms with E-state index in [-0.39, 0.29) is 0 Å². The molecule has 0 saturated carbocycles. The van der Waals surface area contributed by atoms with E-state index < -0.39 is 0 Å². The zero-order chi connectivity index (χ0) is 12.1. The Bertz CT molecular complexity index is 496. The van der Waals surface area contributed by atoms with Crippen molar-refractivity contribution in [3.8, 4) is 11.4 Å². The molecular formula is C12H12N4O. The van der Waals surface area contributed by atoms with Crippen molar-refractivity contribution in [3.05, 3.63) is 42.7 Å². The summed E-state index contributed by atoms with van der Waals surface area (Å²) in [6.07, 6.45) is 0. The van der Waals surface area contributed by atoms with Gasteiger partial charge in [-0.25, -0.2) is 0 Å². The first-order valence-electron chi connectivity index (χ1n) is 5.26. The van der Waals surface area contributed by atoms with E-state index in [0.717, 1.165) is 5.56 Å². The molecule has 86 valence electrons. The third-order valence-corrected chi connectivity index (χ3v) is 2.08. The molecular weight excluding hydrogens is 216 g/mol. The Hall–Kier alpha value is -2.30. The fourth-order valence-electron chi connectivity index (χ4n) is 1.28. The normalized spacial score (nSPS) is 9.94. The van der Waals surface area contributed by atoms with E-state index in [1.807, 2.05) is 37.3 Å². The van der Waals surface area contributed by atoms with E-state index in [9.17, 15) is 0 Å². The molecule has 1 aromatic heterocycles. The summed E-state index contributed by atoms with van der Waals surface area (Å²) in [6, 6.07) is 9.54. The van der Waals surface area contributed by atoms with Gasteiger partial charge in [-0.15, -0.1) is 20.4 Å². The van der Waals surface area contributed by atoms with Gasteiger partial charge in [-0.3, -0.25) is 0 Å². The highest BCUT2D eigenvalue weighted by atomic mass is 16.5. The third kappa shape index (κ3) is 2.63. The maximum atomic E-state index is 5.17. The molecule has 0 aliphatic carbocycles. The molecule has 0 bridgehead atoms. The second-order valence-electron chi connectivity index (χ2n) is 3.27. The molecule has 0 atom stereocenters. The van der Waals surface area contributed by atoms with Crippen LogP contribution in [0.5, 0.6) is 0 Å². The number of aromatic nitrogens is 4. The molecule has 0 fully saturated rings. The quantitative estimate of drug-likeness (QED) is 0.748. The van der Waals surface area contributed by atoms with Crippen LogP contribution < -0.4 is 0 Å². The number of benzene rings is 1. The van der Waals surface area contributed by atoms with Crippen molar-refractivity contribution >= 4 is 5.76 Å². The fraction of sp³-hybridized carbons (Fsp3) is 0.167. The molecule has 5 heteroatoms. The highest BCUT2D eigenvalue weighted by Crippen LogP contribution is 2.12. The van der Waals surface area contributed by atoms with Gasteiger partial charge in [-0.2, -0.15) is 0 Å². The smallest absolute Gasteiger partial charge is 0.237 e. The molecule has 0 unspecified atom stereocenters. The van der Waals surface area contributed by atoms with Crippen LogP contribution in [0.25, 0.3) is 17.1 Å². The molecule has 0 saturated heterocycles. The molecule has 0 aliphatic rings. The van der Waals surface area contributed by atoms with Crippen molar-refractivity contribution in [2.24, 2.45) is 0 Å². The number of nitrogens with zero attached hydrogens (tertiary/aromatic N) is 4. The Kier molecular flexibility index (Phi) is 3.40. The van der Waals surface area contributed by atoms with Crippen LogP contribution in [0.15, 0.2) is 36.9 Å². The molecule has 1 heterocycles. The molecule has 1 aromatic carbocycles. The van der Waals surface area contributed by atoms with Gasteiger partial charge < -0.3 is 4.74 Å². The minimum Gasteiger partial charge on any atom is -0.490 e. The van der Waals surface area contributed by atoms with Gasteiger partial charge in [0.25, 0.3) is 0 Å². The van der Waals surface area contributed by atoms with Gasteiger partial charge in [-0.1, -0.05) is 36.9 Å². The summed E-state index contributed by atoms with van der Waals surface area (Å²) in [5.74, 6) is 1.18. The Morgan fingerprint density at radius 1 is 1.12 bits per heavy atom. The number of hydrogen-bond donors (Lipinski definition) is 0. The number of rotatable bonds is 4. The number of ether oxygens (including phenoxy) is 1. The molecule has 0 radical (unpaired) electrons. The number of hydrogen-bond acceptors (Lipinski definition) is 5. The lowest BCUT2D eigenvalue weighted by Crippen LogP contribution is -2.03. The largest absolute Gasteiger partial charge is 0.490 e. The van der Waals surface area contributed by atoms with Crippen molar-refractivity contribution in [2.75, 3.05) is 6.61 Å². The first-order valence-corrected chi connectivity index (χ1v) is 5.26. The van der Waals surface area contributed by atoms with Crippen LogP contribution >= 0.6 is 0 Å². The maximum Gasteiger partial charge on any atom is 0.237 e. The molecule has 17 heavy (non-hydrogen) atoms. The van der Waals surface area contributed by atoms with Crippen LogP contribution in [0.4, 0.5) is 0 Å². The summed E-state index contributed by atoms with van der Waals surface area (Å²) in [7, 11) is 0. The van der Waals surface area contributed by atoms with Gasteiger partial charge in [0.1, 0.15) is 0 Å². The molecule has 0 N–H and O–H groups in total.